The van der Waals surface area contributed by atoms with Crippen molar-refractivity contribution in [2.75, 3.05) is 5.75 Å². The van der Waals surface area contributed by atoms with Crippen molar-refractivity contribution < 1.29 is 9.18 Å². The Balaban J connectivity index is 1.65. The third kappa shape index (κ3) is 3.20. The molecule has 1 amide bonds. The minimum absolute atomic E-state index is 0.220. The van der Waals surface area contributed by atoms with Crippen molar-refractivity contribution in [3.8, 4) is 5.69 Å². The first-order valence-electron chi connectivity index (χ1n) is 8.22. The minimum Gasteiger partial charge on any atom is -0.344 e. The number of imidazole rings is 1. The fourth-order valence-corrected chi connectivity index (χ4v) is 4.48. The molecule has 1 aliphatic rings. The summed E-state index contributed by atoms with van der Waals surface area (Å²) in [6.07, 6.45) is 2.36. The first-order valence-corrected chi connectivity index (χ1v) is 9.62. The van der Waals surface area contributed by atoms with Gasteiger partial charge in [0.15, 0.2) is 4.77 Å². The molecule has 0 saturated heterocycles. The Bertz CT molecular complexity index is 1010. The number of carbonyl (C=O) groups excluding carboxylic acids is 1. The number of nitrogens with zero attached hydrogens (tertiary/aromatic N) is 1. The number of para-hydroxylation sites is 1. The Morgan fingerprint density at radius 3 is 2.88 bits per heavy atom. The highest BCUT2D eigenvalue weighted by Crippen LogP contribution is 2.36. The number of aromatic nitrogens is 2. The summed E-state index contributed by atoms with van der Waals surface area (Å²) < 4.78 is 15.8. The first-order chi connectivity index (χ1) is 12.6. The third-order valence-electron chi connectivity index (χ3n) is 4.34. The number of carbonyl (C=O) groups is 1. The van der Waals surface area contributed by atoms with Gasteiger partial charge in [0.2, 0.25) is 0 Å². The molecule has 0 spiro atoms. The second-order valence-corrected chi connectivity index (χ2v) is 7.52. The molecule has 0 fully saturated rings. The van der Waals surface area contributed by atoms with E-state index in [4.69, 9.17) is 12.2 Å². The number of thioether (sulfide) groups is 1. The number of H-pyrrole nitrogens is 1. The smallest absolute Gasteiger partial charge is 0.270 e. The van der Waals surface area contributed by atoms with E-state index in [0.717, 1.165) is 28.3 Å². The molecule has 2 N–H and O–H groups in total. The van der Waals surface area contributed by atoms with E-state index < -0.39 is 0 Å². The average molecular weight is 385 g/mol. The molecule has 132 valence electrons. The van der Waals surface area contributed by atoms with E-state index in [1.807, 2.05) is 30.3 Å². The Hall–Kier alpha value is -2.38. The highest BCUT2D eigenvalue weighted by atomic mass is 32.2. The second-order valence-electron chi connectivity index (χ2n) is 6.00. The van der Waals surface area contributed by atoms with Crippen LogP contribution in [0.2, 0.25) is 0 Å². The van der Waals surface area contributed by atoms with Crippen LogP contribution in [0.4, 0.5) is 4.39 Å². The van der Waals surface area contributed by atoms with E-state index in [-0.39, 0.29) is 17.8 Å². The molecule has 1 aromatic heterocycles. The van der Waals surface area contributed by atoms with Crippen molar-refractivity contribution in [2.45, 2.75) is 17.4 Å². The zero-order chi connectivity index (χ0) is 18.1. The lowest BCUT2D eigenvalue weighted by atomic mass is 10.0. The van der Waals surface area contributed by atoms with Crippen molar-refractivity contribution in [3.05, 3.63) is 76.6 Å². The molecule has 0 radical (unpaired) electrons. The maximum atomic E-state index is 13.7. The van der Waals surface area contributed by atoms with Crippen LogP contribution in [0.15, 0.2) is 59.6 Å². The fourth-order valence-electron chi connectivity index (χ4n) is 3.12. The maximum absolute atomic E-state index is 13.7. The molecule has 1 atom stereocenters. The summed E-state index contributed by atoms with van der Waals surface area (Å²) >= 11 is 7.02. The zero-order valence-electron chi connectivity index (χ0n) is 13.7. The van der Waals surface area contributed by atoms with Gasteiger partial charge in [-0.05, 0) is 54.5 Å². The Morgan fingerprint density at radius 1 is 1.27 bits per heavy atom. The highest BCUT2D eigenvalue weighted by molar-refractivity contribution is 7.99. The summed E-state index contributed by atoms with van der Waals surface area (Å²) in [6, 6.07) is 14.0. The normalized spacial score (nSPS) is 16.1. The molecule has 0 saturated carbocycles. The van der Waals surface area contributed by atoms with Gasteiger partial charge in [-0.2, -0.15) is 0 Å². The number of benzene rings is 2. The highest BCUT2D eigenvalue weighted by Gasteiger charge is 2.25. The van der Waals surface area contributed by atoms with Gasteiger partial charge in [0.05, 0.1) is 6.04 Å². The van der Waals surface area contributed by atoms with Gasteiger partial charge in [0, 0.05) is 22.5 Å². The van der Waals surface area contributed by atoms with Crippen LogP contribution >= 0.6 is 24.0 Å². The molecule has 1 unspecified atom stereocenters. The number of hydrogen-bond acceptors (Lipinski definition) is 3. The van der Waals surface area contributed by atoms with Crippen molar-refractivity contribution in [2.24, 2.45) is 0 Å². The SMILES string of the molecule is O=C(NC1CCSc2ccc(F)cc21)c1c[nH]c(=S)n1-c1ccccc1. The lowest BCUT2D eigenvalue weighted by molar-refractivity contribution is 0.0928. The van der Waals surface area contributed by atoms with Gasteiger partial charge in [-0.1, -0.05) is 18.2 Å². The lowest BCUT2D eigenvalue weighted by Crippen LogP contribution is -2.32. The molecule has 1 aliphatic heterocycles. The molecular weight excluding hydrogens is 369 g/mol. The molecule has 2 aromatic carbocycles. The summed E-state index contributed by atoms with van der Waals surface area (Å²) in [5.41, 5.74) is 2.07. The summed E-state index contributed by atoms with van der Waals surface area (Å²) in [4.78, 5) is 16.9. The number of amides is 1. The Morgan fingerprint density at radius 2 is 2.08 bits per heavy atom. The van der Waals surface area contributed by atoms with E-state index in [2.05, 4.69) is 10.3 Å². The van der Waals surface area contributed by atoms with Gasteiger partial charge in [0.25, 0.3) is 5.91 Å². The molecule has 2 heterocycles. The number of halogens is 1. The lowest BCUT2D eigenvalue weighted by Gasteiger charge is -2.26. The summed E-state index contributed by atoms with van der Waals surface area (Å²) in [5.74, 6) is 0.342. The van der Waals surface area contributed by atoms with Gasteiger partial charge in [-0.3, -0.25) is 9.36 Å². The number of fused-ring (bicyclic) bond motifs is 1. The van der Waals surface area contributed by atoms with Crippen molar-refractivity contribution in [1.82, 2.24) is 14.9 Å². The Labute approximate surface area is 159 Å². The number of hydrogen-bond donors (Lipinski definition) is 2. The maximum Gasteiger partial charge on any atom is 0.270 e. The van der Waals surface area contributed by atoms with Crippen LogP contribution in [-0.2, 0) is 0 Å². The van der Waals surface area contributed by atoms with Crippen LogP contribution in [0.1, 0.15) is 28.5 Å². The second kappa shape index (κ2) is 7.09. The van der Waals surface area contributed by atoms with Gasteiger partial charge >= 0.3 is 0 Å². The summed E-state index contributed by atoms with van der Waals surface area (Å²) in [5, 5.41) is 3.04. The largest absolute Gasteiger partial charge is 0.344 e. The van der Waals surface area contributed by atoms with Gasteiger partial charge in [-0.25, -0.2) is 4.39 Å². The van der Waals surface area contributed by atoms with E-state index in [9.17, 15) is 9.18 Å². The molecule has 26 heavy (non-hydrogen) atoms. The summed E-state index contributed by atoms with van der Waals surface area (Å²) in [7, 11) is 0. The topological polar surface area (TPSA) is 49.8 Å². The number of rotatable bonds is 3. The van der Waals surface area contributed by atoms with Crippen LogP contribution in [-0.4, -0.2) is 21.2 Å². The standard InChI is InChI=1S/C19H16FN3OS2/c20-12-6-7-17-14(10-12)15(8-9-26-17)22-18(24)16-11-21-19(25)23(16)13-4-2-1-3-5-13/h1-7,10-11,15H,8-9H2,(H,21,25)(H,22,24). The average Bonchev–Trinajstić information content (AvgIpc) is 3.04. The van der Waals surface area contributed by atoms with E-state index in [1.54, 1.807) is 28.6 Å². The van der Waals surface area contributed by atoms with Crippen molar-refractivity contribution in [3.63, 3.8) is 0 Å². The van der Waals surface area contributed by atoms with E-state index in [1.165, 1.54) is 12.1 Å². The van der Waals surface area contributed by atoms with Crippen LogP contribution < -0.4 is 5.32 Å². The van der Waals surface area contributed by atoms with Crippen LogP contribution in [0.5, 0.6) is 0 Å². The van der Waals surface area contributed by atoms with Crippen LogP contribution in [0.25, 0.3) is 5.69 Å². The van der Waals surface area contributed by atoms with E-state index in [0.29, 0.717) is 10.5 Å². The van der Waals surface area contributed by atoms with Crippen LogP contribution in [0, 0.1) is 10.6 Å². The molecule has 0 aliphatic carbocycles. The van der Waals surface area contributed by atoms with Gasteiger partial charge in [0.1, 0.15) is 11.5 Å². The molecular formula is C19H16FN3OS2. The number of aromatic amines is 1. The van der Waals surface area contributed by atoms with Gasteiger partial charge < -0.3 is 10.3 Å². The first kappa shape index (κ1) is 17.1. The van der Waals surface area contributed by atoms with Crippen molar-refractivity contribution in [1.29, 1.82) is 0 Å². The fraction of sp³-hybridized carbons (Fsp3) is 0.158. The molecule has 3 aromatic rings. The molecule has 4 rings (SSSR count). The molecule has 0 bridgehead atoms. The van der Waals surface area contributed by atoms with Crippen molar-refractivity contribution >= 4 is 29.9 Å². The molecule has 7 heteroatoms. The van der Waals surface area contributed by atoms with Gasteiger partial charge in [-0.15, -0.1) is 11.8 Å². The number of nitrogens with one attached hydrogen (secondary N) is 2. The Kier molecular flexibility index (Phi) is 4.65. The minimum atomic E-state index is -0.292. The summed E-state index contributed by atoms with van der Waals surface area (Å²) in [6.45, 7) is 0. The quantitative estimate of drug-likeness (QED) is 0.646. The zero-order valence-corrected chi connectivity index (χ0v) is 15.4. The molecule has 4 nitrogen and oxygen atoms in total. The monoisotopic (exact) mass is 385 g/mol. The predicted molar refractivity (Wildman–Crippen MR) is 103 cm³/mol. The third-order valence-corrected chi connectivity index (χ3v) is 5.76. The van der Waals surface area contributed by atoms with Crippen LogP contribution in [0.3, 0.4) is 0 Å². The van der Waals surface area contributed by atoms with E-state index >= 15 is 0 Å². The predicted octanol–water partition coefficient (Wildman–Crippen LogP) is 4.64.